The van der Waals surface area contributed by atoms with E-state index >= 15 is 0 Å². The van der Waals surface area contributed by atoms with Gasteiger partial charge in [0.05, 0.1) is 11.8 Å². The van der Waals surface area contributed by atoms with Gasteiger partial charge < -0.3 is 15.0 Å². The maximum Gasteiger partial charge on any atom is 0.325 e. The highest BCUT2D eigenvalue weighted by atomic mass is 19.1. The van der Waals surface area contributed by atoms with Gasteiger partial charge in [0.2, 0.25) is 5.91 Å². The second-order valence-corrected chi connectivity index (χ2v) is 8.05. The van der Waals surface area contributed by atoms with Gasteiger partial charge in [-0.15, -0.1) is 0 Å². The Bertz CT molecular complexity index is 1590. The van der Waals surface area contributed by atoms with Crippen LogP contribution in [0.15, 0.2) is 85.3 Å². The van der Waals surface area contributed by atoms with Gasteiger partial charge in [-0.3, -0.25) is 15.1 Å². The first kappa shape index (κ1) is 23.6. The number of halogens is 2. The van der Waals surface area contributed by atoms with Gasteiger partial charge in [0.25, 0.3) is 0 Å². The molecule has 0 aliphatic carbocycles. The molecule has 3 amide bonds. The van der Waals surface area contributed by atoms with Crippen LogP contribution in [-0.4, -0.2) is 26.9 Å². The molecule has 0 saturated carbocycles. The molecule has 3 heterocycles. The molecule has 184 valence electrons. The van der Waals surface area contributed by atoms with Crippen molar-refractivity contribution in [3.8, 4) is 22.8 Å². The maximum atomic E-state index is 14.8. The number of carbonyl (C=O) groups is 2. The number of rotatable bonds is 6. The predicted molar refractivity (Wildman–Crippen MR) is 133 cm³/mol. The summed E-state index contributed by atoms with van der Waals surface area (Å²) in [5, 5.41) is 5.21. The first-order valence-corrected chi connectivity index (χ1v) is 11.2. The van der Waals surface area contributed by atoms with Crippen molar-refractivity contribution in [2.45, 2.75) is 6.42 Å². The molecule has 0 spiro atoms. The fraction of sp³-hybridized carbons (Fsp3) is 0.0370. The molecule has 0 atom stereocenters. The van der Waals surface area contributed by atoms with E-state index < -0.39 is 23.6 Å². The molecule has 10 heteroatoms. The Morgan fingerprint density at radius 3 is 2.54 bits per heavy atom. The van der Waals surface area contributed by atoms with Crippen molar-refractivity contribution in [2.24, 2.45) is 0 Å². The number of H-pyrrole nitrogens is 1. The van der Waals surface area contributed by atoms with Gasteiger partial charge in [0.1, 0.15) is 17.2 Å². The van der Waals surface area contributed by atoms with Crippen LogP contribution < -0.4 is 15.4 Å². The highest BCUT2D eigenvalue weighted by Gasteiger charge is 2.14. The van der Waals surface area contributed by atoms with E-state index in [0.29, 0.717) is 22.3 Å². The number of aromatic nitrogens is 3. The smallest absolute Gasteiger partial charge is 0.325 e. The Labute approximate surface area is 209 Å². The lowest BCUT2D eigenvalue weighted by Crippen LogP contribution is -2.35. The number of nitrogens with zero attached hydrogens (tertiary/aromatic N) is 2. The fourth-order valence-electron chi connectivity index (χ4n) is 3.67. The normalized spacial score (nSPS) is 10.8. The second kappa shape index (κ2) is 10.2. The van der Waals surface area contributed by atoms with E-state index in [0.717, 1.165) is 17.3 Å². The number of benzene rings is 2. The molecule has 5 rings (SSSR count). The topological polar surface area (TPSA) is 109 Å². The number of hydrogen-bond donors (Lipinski definition) is 3. The maximum absolute atomic E-state index is 14.8. The zero-order chi connectivity index (χ0) is 25.8. The molecule has 0 aliphatic heterocycles. The zero-order valence-electron chi connectivity index (χ0n) is 19.2. The van der Waals surface area contributed by atoms with E-state index in [2.05, 4.69) is 25.6 Å². The molecule has 5 aromatic rings. The minimum atomic E-state index is -0.828. The van der Waals surface area contributed by atoms with Crippen LogP contribution in [0.3, 0.4) is 0 Å². The predicted octanol–water partition coefficient (Wildman–Crippen LogP) is 5.59. The summed E-state index contributed by atoms with van der Waals surface area (Å²) in [6, 6.07) is 15.6. The molecular formula is C27H19F2N5O3. The highest BCUT2D eigenvalue weighted by Crippen LogP contribution is 2.33. The van der Waals surface area contributed by atoms with Crippen molar-refractivity contribution in [1.29, 1.82) is 0 Å². The third-order valence-electron chi connectivity index (χ3n) is 5.40. The molecule has 2 aromatic carbocycles. The summed E-state index contributed by atoms with van der Waals surface area (Å²) in [5.74, 6) is -1.41. The first-order chi connectivity index (χ1) is 17.9. The SMILES string of the molecule is O=C(Cc1ccc(F)cc1)NC(=O)Nc1ccc(Oc2ccnc3[nH]c(-c4cccnc4)cc23)c(F)c1. The van der Waals surface area contributed by atoms with Crippen molar-refractivity contribution < 1.29 is 23.1 Å². The standard InChI is InChI=1S/C27H19F2N5O3/c28-18-5-3-16(4-6-18)12-25(35)34-27(36)32-19-7-8-24(21(29)13-19)37-23-9-11-31-26-20(23)14-22(33-26)17-2-1-10-30-15-17/h1-11,13-15H,12H2,(H,31,33)(H2,32,34,35,36). The van der Waals surface area contributed by atoms with Crippen LogP contribution in [0, 0.1) is 11.6 Å². The summed E-state index contributed by atoms with van der Waals surface area (Å²) in [6.45, 7) is 0. The Balaban J connectivity index is 1.25. The van der Waals surface area contributed by atoms with E-state index in [1.54, 1.807) is 24.7 Å². The van der Waals surface area contributed by atoms with Crippen LogP contribution in [0.5, 0.6) is 11.5 Å². The molecular weight excluding hydrogens is 480 g/mol. The summed E-state index contributed by atoms with van der Waals surface area (Å²) in [7, 11) is 0. The van der Waals surface area contributed by atoms with E-state index in [9.17, 15) is 18.4 Å². The Morgan fingerprint density at radius 2 is 1.78 bits per heavy atom. The highest BCUT2D eigenvalue weighted by molar-refractivity contribution is 6.01. The molecule has 0 saturated heterocycles. The minimum Gasteiger partial charge on any atom is -0.453 e. The van der Waals surface area contributed by atoms with Gasteiger partial charge in [-0.1, -0.05) is 12.1 Å². The van der Waals surface area contributed by atoms with Gasteiger partial charge in [-0.05, 0) is 54.1 Å². The quantitative estimate of drug-likeness (QED) is 0.282. The van der Waals surface area contributed by atoms with Crippen LogP contribution >= 0.6 is 0 Å². The van der Waals surface area contributed by atoms with Crippen LogP contribution in [0.4, 0.5) is 19.3 Å². The van der Waals surface area contributed by atoms with Crippen LogP contribution in [0.25, 0.3) is 22.3 Å². The average Bonchev–Trinajstić information content (AvgIpc) is 3.33. The number of pyridine rings is 2. The molecule has 8 nitrogen and oxygen atoms in total. The van der Waals surface area contributed by atoms with Gasteiger partial charge in [-0.25, -0.2) is 18.6 Å². The number of ether oxygens (including phenoxy) is 1. The van der Waals surface area contributed by atoms with Gasteiger partial charge in [0.15, 0.2) is 11.6 Å². The summed E-state index contributed by atoms with van der Waals surface area (Å²) in [6.07, 6.45) is 4.82. The minimum absolute atomic E-state index is 0.0602. The number of hydrogen-bond acceptors (Lipinski definition) is 5. The second-order valence-electron chi connectivity index (χ2n) is 8.05. The number of aromatic amines is 1. The number of imide groups is 1. The Kier molecular flexibility index (Phi) is 6.54. The molecule has 0 aliphatic rings. The third kappa shape index (κ3) is 5.59. The van der Waals surface area contributed by atoms with Gasteiger partial charge >= 0.3 is 6.03 Å². The number of carbonyl (C=O) groups excluding carboxylic acids is 2. The van der Waals surface area contributed by atoms with Gasteiger partial charge in [0, 0.05) is 41.6 Å². The molecule has 3 aromatic heterocycles. The number of nitrogens with one attached hydrogen (secondary N) is 3. The third-order valence-corrected chi connectivity index (χ3v) is 5.40. The monoisotopic (exact) mass is 499 g/mol. The first-order valence-electron chi connectivity index (χ1n) is 11.2. The summed E-state index contributed by atoms with van der Waals surface area (Å²) in [5.41, 5.74) is 2.88. The lowest BCUT2D eigenvalue weighted by molar-refractivity contribution is -0.119. The van der Waals surface area contributed by atoms with Crippen molar-refractivity contribution in [1.82, 2.24) is 20.3 Å². The molecule has 0 unspecified atom stereocenters. The van der Waals surface area contributed by atoms with E-state index in [1.807, 2.05) is 18.2 Å². The van der Waals surface area contributed by atoms with Crippen molar-refractivity contribution in [3.63, 3.8) is 0 Å². The van der Waals surface area contributed by atoms with Crippen molar-refractivity contribution >= 4 is 28.7 Å². The summed E-state index contributed by atoms with van der Waals surface area (Å²) in [4.78, 5) is 35.8. The van der Waals surface area contributed by atoms with Crippen LogP contribution in [0.1, 0.15) is 5.56 Å². The lowest BCUT2D eigenvalue weighted by Gasteiger charge is -2.10. The van der Waals surface area contributed by atoms with E-state index in [4.69, 9.17) is 4.74 Å². The molecule has 3 N–H and O–H groups in total. The number of urea groups is 1. The van der Waals surface area contributed by atoms with Crippen molar-refractivity contribution in [2.75, 3.05) is 5.32 Å². The molecule has 0 radical (unpaired) electrons. The Morgan fingerprint density at radius 1 is 0.946 bits per heavy atom. The molecule has 0 fully saturated rings. The zero-order valence-corrected chi connectivity index (χ0v) is 19.2. The lowest BCUT2D eigenvalue weighted by atomic mass is 10.1. The molecule has 37 heavy (non-hydrogen) atoms. The van der Waals surface area contributed by atoms with Crippen LogP contribution in [0.2, 0.25) is 0 Å². The largest absolute Gasteiger partial charge is 0.453 e. The molecule has 0 bridgehead atoms. The van der Waals surface area contributed by atoms with Crippen molar-refractivity contribution in [3.05, 3.63) is 103 Å². The fourth-order valence-corrected chi connectivity index (χ4v) is 3.67. The number of amides is 3. The van der Waals surface area contributed by atoms with Gasteiger partial charge in [-0.2, -0.15) is 0 Å². The van der Waals surface area contributed by atoms with Crippen LogP contribution in [-0.2, 0) is 11.2 Å². The van der Waals surface area contributed by atoms with E-state index in [1.165, 1.54) is 36.4 Å². The number of fused-ring (bicyclic) bond motifs is 1. The average molecular weight is 499 g/mol. The summed E-state index contributed by atoms with van der Waals surface area (Å²) < 4.78 is 33.6. The Hall–Kier alpha value is -5.12. The van der Waals surface area contributed by atoms with E-state index in [-0.39, 0.29) is 17.9 Å². The summed E-state index contributed by atoms with van der Waals surface area (Å²) >= 11 is 0. The number of anilines is 1.